The molecule has 256 valence electrons. The Morgan fingerprint density at radius 2 is 1.65 bits per heavy atom. The number of ether oxygens (including phenoxy) is 6. The molecule has 1 aromatic rings. The van der Waals surface area contributed by atoms with Crippen molar-refractivity contribution >= 4 is 6.29 Å². The van der Waals surface area contributed by atoms with Crippen molar-refractivity contribution in [2.75, 3.05) is 7.11 Å². The van der Waals surface area contributed by atoms with Gasteiger partial charge in [-0.15, -0.1) is 0 Å². The van der Waals surface area contributed by atoms with Gasteiger partial charge < -0.3 is 33.2 Å². The van der Waals surface area contributed by atoms with Crippen LogP contribution in [0.25, 0.3) is 0 Å². The molecule has 4 aliphatic heterocycles. The monoisotopic (exact) mass is 638 g/mol. The molecule has 0 saturated carbocycles. The van der Waals surface area contributed by atoms with Gasteiger partial charge in [-0.3, -0.25) is 0 Å². The molecule has 4 heterocycles. The average Bonchev–Trinajstić information content (AvgIpc) is 3.41. The molecule has 1 aromatic carbocycles. The number of rotatable bonds is 14. The Morgan fingerprint density at radius 1 is 0.891 bits per heavy atom. The number of hydrogen-bond donors (Lipinski definition) is 0. The molecule has 3 unspecified atom stereocenters. The Bertz CT molecular complexity index is 1150. The van der Waals surface area contributed by atoms with Crippen LogP contribution in [0.3, 0.4) is 0 Å². The van der Waals surface area contributed by atoms with Crippen molar-refractivity contribution in [3.05, 3.63) is 54.1 Å². The first-order valence-electron chi connectivity index (χ1n) is 17.9. The largest absolute Gasteiger partial charge is 0.497 e. The van der Waals surface area contributed by atoms with Gasteiger partial charge in [-0.1, -0.05) is 59.4 Å². The molecular formula is C39H58O7. The zero-order valence-electron chi connectivity index (χ0n) is 28.9. The zero-order chi connectivity index (χ0) is 32.8. The summed E-state index contributed by atoms with van der Waals surface area (Å²) >= 11 is 0. The summed E-state index contributed by atoms with van der Waals surface area (Å²) in [6, 6.07) is 8.08. The van der Waals surface area contributed by atoms with E-state index in [1.165, 1.54) is 0 Å². The number of fused-ring (bicyclic) bond motifs is 1. The van der Waals surface area contributed by atoms with Gasteiger partial charge in [-0.05, 0) is 85.6 Å². The summed E-state index contributed by atoms with van der Waals surface area (Å²) in [5.41, 5.74) is 3.39. The summed E-state index contributed by atoms with van der Waals surface area (Å²) in [5, 5.41) is 0. The zero-order valence-corrected chi connectivity index (χ0v) is 28.9. The van der Waals surface area contributed by atoms with Crippen molar-refractivity contribution in [3.63, 3.8) is 0 Å². The van der Waals surface area contributed by atoms with E-state index in [-0.39, 0.29) is 60.9 Å². The minimum atomic E-state index is -0.135. The van der Waals surface area contributed by atoms with Gasteiger partial charge in [0.15, 0.2) is 0 Å². The summed E-state index contributed by atoms with van der Waals surface area (Å²) in [6.07, 6.45) is 10.0. The Balaban J connectivity index is 1.26. The number of carbonyl (C=O) groups excluding carboxylic acids is 1. The van der Waals surface area contributed by atoms with Crippen molar-refractivity contribution in [1.29, 1.82) is 0 Å². The maximum Gasteiger partial charge on any atom is 0.120 e. The maximum atomic E-state index is 10.8. The first kappa shape index (κ1) is 35.3. The number of hydrogen-bond acceptors (Lipinski definition) is 7. The number of benzene rings is 1. The second-order valence-electron chi connectivity index (χ2n) is 14.5. The van der Waals surface area contributed by atoms with Crippen LogP contribution in [0.5, 0.6) is 5.75 Å². The van der Waals surface area contributed by atoms with E-state index >= 15 is 0 Å². The predicted molar refractivity (Wildman–Crippen MR) is 180 cm³/mol. The lowest BCUT2D eigenvalue weighted by molar-refractivity contribution is -0.269. The normalized spacial score (nSPS) is 38.0. The smallest absolute Gasteiger partial charge is 0.120 e. The van der Waals surface area contributed by atoms with Gasteiger partial charge in [-0.2, -0.15) is 0 Å². The van der Waals surface area contributed by atoms with E-state index in [9.17, 15) is 4.79 Å². The molecule has 0 N–H and O–H groups in total. The number of carbonyl (C=O) groups is 1. The van der Waals surface area contributed by atoms with Gasteiger partial charge in [0.1, 0.15) is 12.0 Å². The van der Waals surface area contributed by atoms with Crippen LogP contribution in [0.15, 0.2) is 48.6 Å². The first-order chi connectivity index (χ1) is 22.2. The van der Waals surface area contributed by atoms with Gasteiger partial charge in [0.25, 0.3) is 0 Å². The molecular weight excluding hydrogens is 580 g/mol. The van der Waals surface area contributed by atoms with E-state index in [1.54, 1.807) is 7.11 Å². The van der Waals surface area contributed by atoms with Crippen LogP contribution in [0.1, 0.15) is 97.5 Å². The first-order valence-corrected chi connectivity index (χ1v) is 17.9. The van der Waals surface area contributed by atoms with E-state index in [0.29, 0.717) is 31.3 Å². The highest BCUT2D eigenvalue weighted by molar-refractivity contribution is 5.49. The van der Waals surface area contributed by atoms with Gasteiger partial charge in [0.2, 0.25) is 0 Å². The summed E-state index contributed by atoms with van der Waals surface area (Å²) in [7, 11) is 1.68. The fraction of sp³-hybridized carbons (Fsp3) is 0.718. The molecule has 0 aromatic heterocycles. The second kappa shape index (κ2) is 16.4. The van der Waals surface area contributed by atoms with E-state index in [1.807, 2.05) is 12.1 Å². The standard InChI is InChI=1S/C39H58O7/c1-8-10-33-26(4)21-36-39(46-33)28(6)38(42-23-29-12-14-30(41-7)15-13-29)37(45-36)22-35-27(5)24(2)19-32(44-35)16-17-34-25(3)20-31(43-34)11-9-18-40/h12-15,18,24,26,28,31-39H,3,5,8-11,16-17,19-23H2,1-2,4,6-7H3/t24-,26-,28-,31+,32+,33-,34?,35?,36?,37+,38-,39+/m1/s1. The lowest BCUT2D eigenvalue weighted by atomic mass is 9.78. The van der Waals surface area contributed by atoms with E-state index in [0.717, 1.165) is 80.1 Å². The van der Waals surface area contributed by atoms with Crippen LogP contribution in [-0.2, 0) is 35.1 Å². The van der Waals surface area contributed by atoms with Gasteiger partial charge >= 0.3 is 0 Å². The lowest BCUT2D eigenvalue weighted by Crippen LogP contribution is -2.59. The molecule has 0 amide bonds. The summed E-state index contributed by atoms with van der Waals surface area (Å²) in [4.78, 5) is 10.8. The van der Waals surface area contributed by atoms with Crippen molar-refractivity contribution in [1.82, 2.24) is 0 Å². The molecule has 4 aliphatic rings. The Labute approximate surface area is 277 Å². The van der Waals surface area contributed by atoms with Gasteiger partial charge in [0.05, 0.1) is 68.7 Å². The van der Waals surface area contributed by atoms with Crippen LogP contribution < -0.4 is 4.74 Å². The predicted octanol–water partition coefficient (Wildman–Crippen LogP) is 7.79. The van der Waals surface area contributed by atoms with Crippen LogP contribution in [0.2, 0.25) is 0 Å². The third kappa shape index (κ3) is 8.51. The number of methoxy groups -OCH3 is 1. The highest BCUT2D eigenvalue weighted by atomic mass is 16.6. The highest BCUT2D eigenvalue weighted by Gasteiger charge is 2.50. The minimum absolute atomic E-state index is 0.0156. The van der Waals surface area contributed by atoms with E-state index < -0.39 is 0 Å². The Morgan fingerprint density at radius 3 is 2.37 bits per heavy atom. The number of aldehydes is 1. The molecule has 4 fully saturated rings. The van der Waals surface area contributed by atoms with Crippen molar-refractivity contribution in [2.24, 2.45) is 17.8 Å². The molecule has 0 bridgehead atoms. The average molecular weight is 639 g/mol. The Kier molecular flexibility index (Phi) is 12.6. The molecule has 7 nitrogen and oxygen atoms in total. The lowest BCUT2D eigenvalue weighted by Gasteiger charge is -2.51. The van der Waals surface area contributed by atoms with Crippen LogP contribution in [0, 0.1) is 17.8 Å². The highest BCUT2D eigenvalue weighted by Crippen LogP contribution is 2.43. The second-order valence-corrected chi connectivity index (χ2v) is 14.5. The molecule has 0 spiro atoms. The van der Waals surface area contributed by atoms with E-state index in [4.69, 9.17) is 28.4 Å². The third-order valence-electron chi connectivity index (χ3n) is 11.0. The molecule has 4 saturated heterocycles. The maximum absolute atomic E-state index is 10.8. The molecule has 7 heteroatoms. The molecule has 46 heavy (non-hydrogen) atoms. The third-order valence-corrected chi connectivity index (χ3v) is 11.0. The van der Waals surface area contributed by atoms with Crippen LogP contribution in [-0.4, -0.2) is 68.3 Å². The fourth-order valence-electron chi connectivity index (χ4n) is 8.18. The molecule has 0 radical (unpaired) electrons. The van der Waals surface area contributed by atoms with Crippen LogP contribution >= 0.6 is 0 Å². The summed E-state index contributed by atoms with van der Waals surface area (Å²) in [5.74, 6) is 1.83. The molecule has 0 aliphatic carbocycles. The topological polar surface area (TPSA) is 72.5 Å². The van der Waals surface area contributed by atoms with Crippen LogP contribution in [0.4, 0.5) is 0 Å². The summed E-state index contributed by atoms with van der Waals surface area (Å²) < 4.78 is 38.9. The minimum Gasteiger partial charge on any atom is -0.497 e. The van der Waals surface area contributed by atoms with Crippen molar-refractivity contribution in [3.8, 4) is 5.75 Å². The van der Waals surface area contributed by atoms with Gasteiger partial charge in [-0.25, -0.2) is 0 Å². The summed E-state index contributed by atoms with van der Waals surface area (Å²) in [6.45, 7) is 18.4. The quantitative estimate of drug-likeness (QED) is 0.152. The van der Waals surface area contributed by atoms with Crippen molar-refractivity contribution in [2.45, 2.75) is 153 Å². The van der Waals surface area contributed by atoms with Crippen molar-refractivity contribution < 1.29 is 33.2 Å². The van der Waals surface area contributed by atoms with Gasteiger partial charge in [0, 0.05) is 18.8 Å². The SMILES string of the molecule is C=C1C[C@H](CCC=O)OC1CC[C@H]1C[C@@H](C)C(=C)C(C[C@@H]2OC3C[C@@H](C)[C@@H](CCC)O[C@H]3[C@H](C)[C@H]2OCc2ccc(OC)cc2)O1. The fourth-order valence-corrected chi connectivity index (χ4v) is 8.18. The Hall–Kier alpha value is -2.03. The van der Waals surface area contributed by atoms with E-state index in [2.05, 4.69) is 53.0 Å². The molecule has 12 atom stereocenters. The molecule has 5 rings (SSSR count).